The van der Waals surface area contributed by atoms with Crippen molar-refractivity contribution in [1.29, 1.82) is 0 Å². The molecule has 0 bridgehead atoms. The van der Waals surface area contributed by atoms with Crippen LogP contribution < -0.4 is 11.1 Å². The fraction of sp³-hybridized carbons (Fsp3) is 0.500. The summed E-state index contributed by atoms with van der Waals surface area (Å²) in [6, 6.07) is 5.31. The van der Waals surface area contributed by atoms with Gasteiger partial charge in [0, 0.05) is 17.0 Å². The normalized spacial score (nSPS) is 23.1. The van der Waals surface area contributed by atoms with Crippen molar-refractivity contribution in [3.05, 3.63) is 29.6 Å². The molecule has 19 heavy (non-hydrogen) atoms. The number of hydrogen-bond donors (Lipinski definition) is 2. The fourth-order valence-corrected chi connectivity index (χ4v) is 3.51. The third-order valence-electron chi connectivity index (χ3n) is 3.63. The highest BCUT2D eigenvalue weighted by Crippen LogP contribution is 2.29. The van der Waals surface area contributed by atoms with Crippen LogP contribution in [0.2, 0.25) is 0 Å². The van der Waals surface area contributed by atoms with Crippen LogP contribution in [-0.2, 0) is 0 Å². The number of halogens is 1. The lowest BCUT2D eigenvalue weighted by Gasteiger charge is -2.29. The van der Waals surface area contributed by atoms with Gasteiger partial charge in [0.2, 0.25) is 0 Å². The zero-order valence-electron chi connectivity index (χ0n) is 11.0. The quantitative estimate of drug-likeness (QED) is 0.834. The van der Waals surface area contributed by atoms with Gasteiger partial charge in [-0.25, -0.2) is 4.39 Å². The summed E-state index contributed by atoms with van der Waals surface area (Å²) >= 11 is 6.87. The number of thioether (sulfide) groups is 1. The van der Waals surface area contributed by atoms with Gasteiger partial charge in [-0.1, -0.05) is 18.3 Å². The smallest absolute Gasteiger partial charge is 0.135 e. The molecule has 1 aromatic carbocycles. The molecule has 2 rings (SSSR count). The third kappa shape index (κ3) is 3.60. The molecule has 0 atom stereocenters. The van der Waals surface area contributed by atoms with Crippen molar-refractivity contribution in [3.63, 3.8) is 0 Å². The highest BCUT2D eigenvalue weighted by atomic mass is 32.2. The topological polar surface area (TPSA) is 38.0 Å². The number of hydrogen-bond acceptors (Lipinski definition) is 3. The van der Waals surface area contributed by atoms with Crippen LogP contribution >= 0.6 is 24.0 Å². The molecule has 1 saturated carbocycles. The van der Waals surface area contributed by atoms with E-state index in [4.69, 9.17) is 18.0 Å². The molecule has 0 amide bonds. The summed E-state index contributed by atoms with van der Waals surface area (Å²) in [5, 5.41) is 4.16. The molecular formula is C14H19FN2S2. The van der Waals surface area contributed by atoms with Gasteiger partial charge in [-0.3, -0.25) is 0 Å². The van der Waals surface area contributed by atoms with E-state index < -0.39 is 0 Å². The van der Waals surface area contributed by atoms with Crippen LogP contribution in [0.4, 0.5) is 10.1 Å². The standard InChI is InChI=1S/C14H19FN2S2/c1-19-10-7-5-9(6-8-10)17-12-4-2-3-11(15)13(12)14(16)18/h2-4,9-10,17H,5-8H2,1H3,(H2,16,18). The minimum atomic E-state index is -0.352. The summed E-state index contributed by atoms with van der Waals surface area (Å²) in [6.07, 6.45) is 6.79. The van der Waals surface area contributed by atoms with Gasteiger partial charge >= 0.3 is 0 Å². The lowest BCUT2D eigenvalue weighted by Crippen LogP contribution is -2.28. The van der Waals surface area contributed by atoms with Gasteiger partial charge in [0.05, 0.1) is 5.56 Å². The first-order valence-electron chi connectivity index (χ1n) is 6.49. The van der Waals surface area contributed by atoms with Crippen LogP contribution in [0.3, 0.4) is 0 Å². The monoisotopic (exact) mass is 298 g/mol. The van der Waals surface area contributed by atoms with Crippen LogP contribution in [0, 0.1) is 5.82 Å². The SMILES string of the molecule is CSC1CCC(Nc2cccc(F)c2C(N)=S)CC1. The van der Waals surface area contributed by atoms with Crippen molar-refractivity contribution >= 4 is 34.7 Å². The lowest BCUT2D eigenvalue weighted by atomic mass is 9.94. The molecule has 3 N–H and O–H groups in total. The first-order valence-corrected chi connectivity index (χ1v) is 8.19. The summed E-state index contributed by atoms with van der Waals surface area (Å²) in [6.45, 7) is 0. The Morgan fingerprint density at radius 3 is 2.63 bits per heavy atom. The van der Waals surface area contributed by atoms with Gasteiger partial charge in [-0.2, -0.15) is 11.8 Å². The second-order valence-corrected chi connectivity index (χ2v) is 6.46. The van der Waals surface area contributed by atoms with Crippen LogP contribution in [0.5, 0.6) is 0 Å². The van der Waals surface area contributed by atoms with Crippen molar-refractivity contribution in [1.82, 2.24) is 0 Å². The lowest BCUT2D eigenvalue weighted by molar-refractivity contribution is 0.473. The van der Waals surface area contributed by atoms with Gasteiger partial charge in [0.1, 0.15) is 10.8 Å². The van der Waals surface area contributed by atoms with Crippen LogP contribution in [-0.4, -0.2) is 22.5 Å². The van der Waals surface area contributed by atoms with E-state index in [1.54, 1.807) is 6.07 Å². The van der Waals surface area contributed by atoms with E-state index in [0.29, 0.717) is 11.6 Å². The van der Waals surface area contributed by atoms with Crippen LogP contribution in [0.25, 0.3) is 0 Å². The Labute approximate surface area is 123 Å². The molecule has 5 heteroatoms. The maximum atomic E-state index is 13.8. The Morgan fingerprint density at radius 1 is 1.37 bits per heavy atom. The van der Waals surface area contributed by atoms with E-state index in [0.717, 1.165) is 23.8 Å². The van der Waals surface area contributed by atoms with E-state index in [1.807, 2.05) is 17.8 Å². The summed E-state index contributed by atoms with van der Waals surface area (Å²) in [5.74, 6) is -0.352. The first-order chi connectivity index (χ1) is 9.11. The predicted molar refractivity (Wildman–Crippen MR) is 85.5 cm³/mol. The van der Waals surface area contributed by atoms with Gasteiger partial charge < -0.3 is 11.1 Å². The zero-order chi connectivity index (χ0) is 13.8. The maximum absolute atomic E-state index is 13.8. The fourth-order valence-electron chi connectivity index (χ4n) is 2.56. The number of thiocarbonyl (C=S) groups is 1. The Kier molecular flexibility index (Phi) is 5.05. The van der Waals surface area contributed by atoms with Crippen molar-refractivity contribution in [2.75, 3.05) is 11.6 Å². The molecule has 0 saturated heterocycles. The first kappa shape index (κ1) is 14.6. The minimum absolute atomic E-state index is 0.110. The highest BCUT2D eigenvalue weighted by molar-refractivity contribution is 7.99. The van der Waals surface area contributed by atoms with E-state index in [9.17, 15) is 4.39 Å². The zero-order valence-corrected chi connectivity index (χ0v) is 12.6. The molecular weight excluding hydrogens is 279 g/mol. The molecule has 2 nitrogen and oxygen atoms in total. The average molecular weight is 298 g/mol. The van der Waals surface area contributed by atoms with Crippen molar-refractivity contribution in [2.24, 2.45) is 5.73 Å². The summed E-state index contributed by atoms with van der Waals surface area (Å²) < 4.78 is 13.8. The number of nitrogens with one attached hydrogen (secondary N) is 1. The Morgan fingerprint density at radius 2 is 2.05 bits per heavy atom. The molecule has 1 aliphatic rings. The van der Waals surface area contributed by atoms with Crippen molar-refractivity contribution < 1.29 is 4.39 Å². The van der Waals surface area contributed by atoms with Gasteiger partial charge in [0.25, 0.3) is 0 Å². The molecule has 1 aliphatic carbocycles. The van der Waals surface area contributed by atoms with Gasteiger partial charge in [-0.15, -0.1) is 0 Å². The Bertz CT molecular complexity index is 457. The maximum Gasteiger partial charge on any atom is 0.135 e. The van der Waals surface area contributed by atoms with Crippen molar-refractivity contribution in [3.8, 4) is 0 Å². The highest BCUT2D eigenvalue weighted by Gasteiger charge is 2.21. The molecule has 0 spiro atoms. The van der Waals surface area contributed by atoms with Crippen LogP contribution in [0.15, 0.2) is 18.2 Å². The Balaban J connectivity index is 2.08. The number of anilines is 1. The summed E-state index contributed by atoms with van der Waals surface area (Å²) in [5.41, 5.74) is 6.67. The largest absolute Gasteiger partial charge is 0.389 e. The summed E-state index contributed by atoms with van der Waals surface area (Å²) in [4.78, 5) is 0.110. The van der Waals surface area contributed by atoms with Crippen molar-refractivity contribution in [2.45, 2.75) is 37.0 Å². The second kappa shape index (κ2) is 6.57. The number of nitrogens with two attached hydrogens (primary N) is 1. The number of rotatable bonds is 4. The average Bonchev–Trinajstić information content (AvgIpc) is 2.39. The van der Waals surface area contributed by atoms with Gasteiger partial charge in [0.15, 0.2) is 0 Å². The molecule has 104 valence electrons. The predicted octanol–water partition coefficient (Wildman–Crippen LogP) is 3.55. The molecule has 1 aromatic rings. The minimum Gasteiger partial charge on any atom is -0.389 e. The second-order valence-electron chi connectivity index (χ2n) is 4.88. The van der Waals surface area contributed by atoms with E-state index in [1.165, 1.54) is 18.9 Å². The molecule has 0 aromatic heterocycles. The molecule has 0 heterocycles. The summed E-state index contributed by atoms with van der Waals surface area (Å²) in [7, 11) is 0. The Hall–Kier alpha value is -0.810. The molecule has 1 fully saturated rings. The molecule has 0 radical (unpaired) electrons. The van der Waals surface area contributed by atoms with E-state index in [2.05, 4.69) is 11.6 Å². The van der Waals surface area contributed by atoms with Crippen LogP contribution in [0.1, 0.15) is 31.2 Å². The molecule has 0 unspecified atom stereocenters. The van der Waals surface area contributed by atoms with Gasteiger partial charge in [-0.05, 0) is 44.1 Å². The van der Waals surface area contributed by atoms with E-state index >= 15 is 0 Å². The van der Waals surface area contributed by atoms with E-state index in [-0.39, 0.29) is 10.8 Å². The molecule has 0 aliphatic heterocycles. The third-order valence-corrected chi connectivity index (χ3v) is 4.97. The number of benzene rings is 1.